The highest BCUT2D eigenvalue weighted by atomic mass is 32.2. The first-order chi connectivity index (χ1) is 14.4. The summed E-state index contributed by atoms with van der Waals surface area (Å²) in [6.45, 7) is 1.64. The predicted octanol–water partition coefficient (Wildman–Crippen LogP) is 3.16. The first kappa shape index (κ1) is 21.8. The van der Waals surface area contributed by atoms with E-state index in [4.69, 9.17) is 26.8 Å². The Hall–Kier alpha value is -2.89. The minimum Gasteiger partial charge on any atom is -0.490 e. The quantitative estimate of drug-likeness (QED) is 0.453. The molecule has 11 heteroatoms. The number of hydrogen-bond acceptors (Lipinski definition) is 8. The number of carbonyl (C=O) groups excluding carboxylic acids is 2. The molecule has 0 aliphatic carbocycles. The Bertz CT molecular complexity index is 1020. The van der Waals surface area contributed by atoms with Crippen LogP contribution >= 0.6 is 35.3 Å². The molecule has 2 aromatic rings. The molecule has 2 N–H and O–H groups in total. The van der Waals surface area contributed by atoms with Crippen molar-refractivity contribution in [3.05, 3.63) is 51.1 Å². The minimum absolute atomic E-state index is 0.211. The molecule has 0 spiro atoms. The molecule has 1 aromatic carbocycles. The molecule has 2 heterocycles. The Balaban J connectivity index is 1.78. The van der Waals surface area contributed by atoms with E-state index in [1.54, 1.807) is 48.7 Å². The van der Waals surface area contributed by atoms with Gasteiger partial charge in [0, 0.05) is 0 Å². The predicted molar refractivity (Wildman–Crippen MR) is 118 cm³/mol. The molecule has 1 aromatic heterocycles. The summed E-state index contributed by atoms with van der Waals surface area (Å²) in [5.41, 5.74) is 3.15. The van der Waals surface area contributed by atoms with Gasteiger partial charge in [-0.3, -0.25) is 15.0 Å². The van der Waals surface area contributed by atoms with Crippen LogP contribution in [0.15, 0.2) is 40.6 Å². The molecule has 0 unspecified atom stereocenters. The number of benzene rings is 1. The van der Waals surface area contributed by atoms with Crippen molar-refractivity contribution in [1.82, 2.24) is 10.4 Å². The van der Waals surface area contributed by atoms with E-state index in [9.17, 15) is 14.4 Å². The maximum Gasteiger partial charge on any atom is 0.341 e. The van der Waals surface area contributed by atoms with Gasteiger partial charge in [-0.05, 0) is 54.4 Å². The van der Waals surface area contributed by atoms with Crippen LogP contribution in [0, 0.1) is 0 Å². The number of rotatable bonds is 8. The number of thiophene rings is 1. The monoisotopic (exact) mass is 464 g/mol. The van der Waals surface area contributed by atoms with E-state index in [2.05, 4.69) is 5.43 Å². The normalized spacial score (nSPS) is 14.8. The van der Waals surface area contributed by atoms with Crippen LogP contribution in [-0.2, 0) is 9.59 Å². The zero-order chi connectivity index (χ0) is 21.7. The molecule has 1 fully saturated rings. The molecule has 0 saturated carbocycles. The van der Waals surface area contributed by atoms with E-state index in [0.29, 0.717) is 27.7 Å². The molecular weight excluding hydrogens is 448 g/mol. The number of carboxylic acid groups (broad SMARTS) is 1. The second-order valence-corrected chi connectivity index (χ2v) is 8.38. The number of aliphatic carboxylic acids is 1. The molecule has 1 aliphatic heterocycles. The summed E-state index contributed by atoms with van der Waals surface area (Å²) < 4.78 is 10.9. The van der Waals surface area contributed by atoms with Gasteiger partial charge in [-0.25, -0.2) is 4.79 Å². The van der Waals surface area contributed by atoms with Crippen LogP contribution in [0.2, 0.25) is 0 Å². The molecule has 1 aliphatic rings. The van der Waals surface area contributed by atoms with Crippen molar-refractivity contribution in [3.8, 4) is 11.5 Å². The lowest BCUT2D eigenvalue weighted by molar-refractivity contribution is -0.139. The standard InChI is InChI=1S/C19H16N2O6S3/c1-2-26-13-8-11(5-6-12(13)27-10-16(22)23)9-15-18(25)21(19(28)30-15)20-17(24)14-4-3-7-29-14/h3-9H,2,10H2,1H3,(H,20,24)(H,22,23)/b15-9+. The van der Waals surface area contributed by atoms with Crippen LogP contribution in [0.1, 0.15) is 22.2 Å². The number of ether oxygens (including phenoxy) is 2. The average molecular weight is 465 g/mol. The summed E-state index contributed by atoms with van der Waals surface area (Å²) in [7, 11) is 0. The van der Waals surface area contributed by atoms with E-state index >= 15 is 0 Å². The van der Waals surface area contributed by atoms with E-state index in [0.717, 1.165) is 16.8 Å². The molecular formula is C19H16N2O6S3. The molecule has 3 rings (SSSR count). The van der Waals surface area contributed by atoms with Crippen LogP contribution in [0.25, 0.3) is 6.08 Å². The summed E-state index contributed by atoms with van der Waals surface area (Å²) in [4.78, 5) is 36.4. The zero-order valence-corrected chi connectivity index (χ0v) is 18.1. The summed E-state index contributed by atoms with van der Waals surface area (Å²) >= 11 is 7.54. The van der Waals surface area contributed by atoms with Gasteiger partial charge in [0.05, 0.1) is 16.4 Å². The van der Waals surface area contributed by atoms with Crippen molar-refractivity contribution in [2.75, 3.05) is 13.2 Å². The highest BCUT2D eigenvalue weighted by Gasteiger charge is 2.34. The maximum atomic E-state index is 12.7. The van der Waals surface area contributed by atoms with Gasteiger partial charge in [0.2, 0.25) is 0 Å². The number of thiocarbonyl (C=S) groups is 1. The fourth-order valence-electron chi connectivity index (χ4n) is 2.42. The second-order valence-electron chi connectivity index (χ2n) is 5.76. The third kappa shape index (κ3) is 5.17. The van der Waals surface area contributed by atoms with Gasteiger partial charge in [-0.2, -0.15) is 5.01 Å². The number of amides is 2. The fourth-order valence-corrected chi connectivity index (χ4v) is 4.21. The summed E-state index contributed by atoms with van der Waals surface area (Å²) in [5, 5.41) is 11.6. The van der Waals surface area contributed by atoms with Gasteiger partial charge < -0.3 is 14.6 Å². The largest absolute Gasteiger partial charge is 0.490 e. The van der Waals surface area contributed by atoms with Crippen LogP contribution in [0.4, 0.5) is 0 Å². The smallest absolute Gasteiger partial charge is 0.341 e. The first-order valence-corrected chi connectivity index (χ1v) is 10.7. The van der Waals surface area contributed by atoms with Crippen LogP contribution in [0.3, 0.4) is 0 Å². The number of carbonyl (C=O) groups is 3. The average Bonchev–Trinajstić information content (AvgIpc) is 3.32. The van der Waals surface area contributed by atoms with E-state index in [1.165, 1.54) is 11.3 Å². The van der Waals surface area contributed by atoms with E-state index in [1.807, 2.05) is 0 Å². The highest BCUT2D eigenvalue weighted by molar-refractivity contribution is 8.26. The molecule has 0 atom stereocenters. The minimum atomic E-state index is -1.10. The van der Waals surface area contributed by atoms with Crippen molar-refractivity contribution < 1.29 is 29.0 Å². The van der Waals surface area contributed by atoms with Crippen LogP contribution in [0.5, 0.6) is 11.5 Å². The summed E-state index contributed by atoms with van der Waals surface area (Å²) in [5.74, 6) is -1.32. The number of nitrogens with one attached hydrogen (secondary N) is 1. The van der Waals surface area contributed by atoms with Gasteiger partial charge in [0.25, 0.3) is 11.8 Å². The lowest BCUT2D eigenvalue weighted by Gasteiger charge is -2.14. The van der Waals surface area contributed by atoms with Gasteiger partial charge in [0.1, 0.15) is 0 Å². The highest BCUT2D eigenvalue weighted by Crippen LogP contribution is 2.34. The van der Waals surface area contributed by atoms with Gasteiger partial charge in [0.15, 0.2) is 22.4 Å². The maximum absolute atomic E-state index is 12.7. The SMILES string of the molecule is CCOc1cc(/C=C2/SC(=S)N(NC(=O)c3cccs3)C2=O)ccc1OCC(=O)O. The molecule has 8 nitrogen and oxygen atoms in total. The van der Waals surface area contributed by atoms with Crippen molar-refractivity contribution in [1.29, 1.82) is 0 Å². The fraction of sp³-hybridized carbons (Fsp3) is 0.158. The summed E-state index contributed by atoms with van der Waals surface area (Å²) in [6, 6.07) is 8.26. The third-order valence-electron chi connectivity index (χ3n) is 3.67. The Morgan fingerprint density at radius 2 is 2.07 bits per heavy atom. The van der Waals surface area contributed by atoms with Crippen LogP contribution in [-0.4, -0.2) is 45.4 Å². The first-order valence-electron chi connectivity index (χ1n) is 8.63. The third-order valence-corrected chi connectivity index (χ3v) is 5.84. The molecule has 30 heavy (non-hydrogen) atoms. The van der Waals surface area contributed by atoms with Gasteiger partial charge in [-0.1, -0.05) is 23.9 Å². The van der Waals surface area contributed by atoms with Crippen molar-refractivity contribution in [2.45, 2.75) is 6.92 Å². The van der Waals surface area contributed by atoms with Crippen LogP contribution < -0.4 is 14.9 Å². The lowest BCUT2D eigenvalue weighted by Crippen LogP contribution is -2.44. The molecule has 1 saturated heterocycles. The summed E-state index contributed by atoms with van der Waals surface area (Å²) in [6.07, 6.45) is 1.61. The molecule has 0 radical (unpaired) electrons. The number of thioether (sulfide) groups is 1. The van der Waals surface area contributed by atoms with Gasteiger partial charge >= 0.3 is 5.97 Å². The van der Waals surface area contributed by atoms with E-state index < -0.39 is 24.4 Å². The number of hydrazine groups is 1. The molecule has 2 amide bonds. The molecule has 156 valence electrons. The Kier molecular flexibility index (Phi) is 7.08. The lowest BCUT2D eigenvalue weighted by atomic mass is 10.2. The van der Waals surface area contributed by atoms with Crippen molar-refractivity contribution in [3.63, 3.8) is 0 Å². The number of hydrogen-bond donors (Lipinski definition) is 2. The second kappa shape index (κ2) is 9.74. The Morgan fingerprint density at radius 3 is 2.73 bits per heavy atom. The van der Waals surface area contributed by atoms with Crippen molar-refractivity contribution in [2.24, 2.45) is 0 Å². The number of nitrogens with zero attached hydrogens (tertiary/aromatic N) is 1. The Morgan fingerprint density at radius 1 is 1.27 bits per heavy atom. The van der Waals surface area contributed by atoms with Gasteiger partial charge in [-0.15, -0.1) is 11.3 Å². The topological polar surface area (TPSA) is 105 Å². The van der Waals surface area contributed by atoms with E-state index in [-0.39, 0.29) is 10.1 Å². The number of carboxylic acids is 1. The zero-order valence-electron chi connectivity index (χ0n) is 15.6. The Labute approximate surface area is 185 Å². The molecule has 0 bridgehead atoms. The van der Waals surface area contributed by atoms with Crippen molar-refractivity contribution >= 4 is 63.5 Å².